The van der Waals surface area contributed by atoms with Gasteiger partial charge in [0.25, 0.3) is 0 Å². The third-order valence-corrected chi connectivity index (χ3v) is 5.87. The highest BCUT2D eigenvalue weighted by molar-refractivity contribution is 14.0. The zero-order valence-electron chi connectivity index (χ0n) is 18.9. The van der Waals surface area contributed by atoms with Gasteiger partial charge in [0, 0.05) is 32.2 Å². The van der Waals surface area contributed by atoms with Crippen LogP contribution in [-0.2, 0) is 6.42 Å². The summed E-state index contributed by atoms with van der Waals surface area (Å²) < 4.78 is 11.1. The zero-order chi connectivity index (χ0) is 20.5. The first-order valence-electron chi connectivity index (χ1n) is 11.3. The largest absolute Gasteiger partial charge is 0.493 e. The molecular weight excluding hydrogens is 491 g/mol. The molecule has 1 atom stereocenters. The lowest BCUT2D eigenvalue weighted by molar-refractivity contribution is 0.249. The van der Waals surface area contributed by atoms with E-state index >= 15 is 0 Å². The number of aryl methyl sites for hydroxylation is 1. The number of rotatable bonds is 9. The molecular formula is C23H39IN4O2. The standard InChI is InChI=1S/C23H38N4O2.HI/c1-4-24-23(27-16-12-20(18-27)26-14-6-7-15-26)25-13-8-9-19-10-11-21(28-3)22(17-19)29-5-2;/h10-11,17,20H,4-9,12-16,18H2,1-3H3,(H,24,25);1H. The van der Waals surface area contributed by atoms with Crippen LogP contribution in [0.15, 0.2) is 23.2 Å². The number of ether oxygens (including phenoxy) is 2. The molecule has 6 nitrogen and oxygen atoms in total. The molecule has 7 heteroatoms. The number of benzene rings is 1. The molecule has 2 fully saturated rings. The Kier molecular flexibility index (Phi) is 11.1. The van der Waals surface area contributed by atoms with Crippen molar-refractivity contribution in [3.05, 3.63) is 23.8 Å². The minimum Gasteiger partial charge on any atom is -0.493 e. The van der Waals surface area contributed by atoms with Gasteiger partial charge < -0.3 is 19.7 Å². The summed E-state index contributed by atoms with van der Waals surface area (Å²) in [6.45, 7) is 11.3. The Morgan fingerprint density at radius 1 is 1.17 bits per heavy atom. The smallest absolute Gasteiger partial charge is 0.193 e. The van der Waals surface area contributed by atoms with Crippen molar-refractivity contribution in [3.63, 3.8) is 0 Å². The first-order chi connectivity index (χ1) is 14.2. The lowest BCUT2D eigenvalue weighted by atomic mass is 10.1. The van der Waals surface area contributed by atoms with Crippen molar-refractivity contribution in [1.29, 1.82) is 0 Å². The van der Waals surface area contributed by atoms with Crippen molar-refractivity contribution in [1.82, 2.24) is 15.1 Å². The molecule has 0 amide bonds. The molecule has 2 saturated heterocycles. The van der Waals surface area contributed by atoms with E-state index in [0.717, 1.165) is 56.5 Å². The Morgan fingerprint density at radius 3 is 2.67 bits per heavy atom. The second-order valence-corrected chi connectivity index (χ2v) is 7.89. The fraction of sp³-hybridized carbons (Fsp3) is 0.696. The van der Waals surface area contributed by atoms with Gasteiger partial charge in [-0.1, -0.05) is 6.07 Å². The summed E-state index contributed by atoms with van der Waals surface area (Å²) in [5.41, 5.74) is 1.27. The minimum absolute atomic E-state index is 0. The molecule has 1 unspecified atom stereocenters. The van der Waals surface area contributed by atoms with Gasteiger partial charge in [-0.15, -0.1) is 24.0 Å². The van der Waals surface area contributed by atoms with E-state index in [0.29, 0.717) is 12.6 Å². The van der Waals surface area contributed by atoms with Gasteiger partial charge >= 0.3 is 0 Å². The quantitative estimate of drug-likeness (QED) is 0.228. The SMILES string of the molecule is CCNC(=NCCCc1ccc(OC)c(OCC)c1)N1CCC(N2CCCC2)C1.I. The third kappa shape index (κ3) is 6.90. The van der Waals surface area contributed by atoms with Crippen LogP contribution in [0.25, 0.3) is 0 Å². The van der Waals surface area contributed by atoms with E-state index in [1.54, 1.807) is 7.11 Å². The van der Waals surface area contributed by atoms with E-state index in [4.69, 9.17) is 14.5 Å². The Labute approximate surface area is 199 Å². The van der Waals surface area contributed by atoms with E-state index < -0.39 is 0 Å². The Bertz CT molecular complexity index is 665. The minimum atomic E-state index is 0. The van der Waals surface area contributed by atoms with Gasteiger partial charge in [-0.3, -0.25) is 9.89 Å². The van der Waals surface area contributed by atoms with Crippen LogP contribution in [0.3, 0.4) is 0 Å². The van der Waals surface area contributed by atoms with E-state index in [1.807, 2.05) is 13.0 Å². The van der Waals surface area contributed by atoms with Crippen molar-refractivity contribution < 1.29 is 9.47 Å². The lowest BCUT2D eigenvalue weighted by Gasteiger charge is -2.25. The highest BCUT2D eigenvalue weighted by Gasteiger charge is 2.30. The van der Waals surface area contributed by atoms with Crippen LogP contribution in [0.4, 0.5) is 0 Å². The van der Waals surface area contributed by atoms with E-state index in [1.165, 1.54) is 37.9 Å². The third-order valence-electron chi connectivity index (χ3n) is 5.87. The number of nitrogens with one attached hydrogen (secondary N) is 1. The number of halogens is 1. The molecule has 30 heavy (non-hydrogen) atoms. The van der Waals surface area contributed by atoms with Crippen molar-refractivity contribution in [3.8, 4) is 11.5 Å². The average molecular weight is 530 g/mol. The molecule has 2 heterocycles. The van der Waals surface area contributed by atoms with Gasteiger partial charge in [-0.25, -0.2) is 0 Å². The normalized spacial score (nSPS) is 19.6. The fourth-order valence-electron chi connectivity index (χ4n) is 4.38. The molecule has 3 rings (SSSR count). The topological polar surface area (TPSA) is 49.3 Å². The summed E-state index contributed by atoms with van der Waals surface area (Å²) in [5.74, 6) is 2.71. The van der Waals surface area contributed by atoms with Gasteiger partial charge in [-0.05, 0) is 76.7 Å². The monoisotopic (exact) mass is 530 g/mol. The van der Waals surface area contributed by atoms with Crippen LogP contribution < -0.4 is 14.8 Å². The first kappa shape index (κ1) is 25.0. The molecule has 2 aliphatic heterocycles. The van der Waals surface area contributed by atoms with Crippen molar-refractivity contribution >= 4 is 29.9 Å². The second-order valence-electron chi connectivity index (χ2n) is 7.89. The molecule has 0 aromatic heterocycles. The second kappa shape index (κ2) is 13.2. The number of hydrogen-bond acceptors (Lipinski definition) is 4. The molecule has 170 valence electrons. The number of guanidine groups is 1. The molecule has 0 aliphatic carbocycles. The predicted molar refractivity (Wildman–Crippen MR) is 135 cm³/mol. The fourth-order valence-corrected chi connectivity index (χ4v) is 4.38. The highest BCUT2D eigenvalue weighted by Crippen LogP contribution is 2.28. The van der Waals surface area contributed by atoms with Crippen LogP contribution in [0.2, 0.25) is 0 Å². The van der Waals surface area contributed by atoms with E-state index in [-0.39, 0.29) is 24.0 Å². The van der Waals surface area contributed by atoms with Crippen LogP contribution in [0.1, 0.15) is 45.1 Å². The molecule has 1 aromatic carbocycles. The zero-order valence-corrected chi connectivity index (χ0v) is 21.2. The molecule has 1 aromatic rings. The van der Waals surface area contributed by atoms with Crippen LogP contribution in [0, 0.1) is 0 Å². The summed E-state index contributed by atoms with van der Waals surface area (Å²) in [6.07, 6.45) is 6.00. The molecule has 0 saturated carbocycles. The Morgan fingerprint density at radius 2 is 1.97 bits per heavy atom. The molecule has 0 bridgehead atoms. The van der Waals surface area contributed by atoms with Gasteiger partial charge in [0.1, 0.15) is 0 Å². The van der Waals surface area contributed by atoms with Crippen LogP contribution in [0.5, 0.6) is 11.5 Å². The average Bonchev–Trinajstić information content (AvgIpc) is 3.42. The van der Waals surface area contributed by atoms with E-state index in [9.17, 15) is 0 Å². The molecule has 0 radical (unpaired) electrons. The van der Waals surface area contributed by atoms with E-state index in [2.05, 4.69) is 34.2 Å². The van der Waals surface area contributed by atoms with Gasteiger partial charge in [0.15, 0.2) is 17.5 Å². The number of hydrogen-bond donors (Lipinski definition) is 1. The molecule has 1 N–H and O–H groups in total. The number of likely N-dealkylation sites (tertiary alicyclic amines) is 2. The van der Waals surface area contributed by atoms with Crippen molar-refractivity contribution in [2.75, 3.05) is 53.0 Å². The maximum Gasteiger partial charge on any atom is 0.193 e. The van der Waals surface area contributed by atoms with Gasteiger partial charge in [0.05, 0.1) is 13.7 Å². The highest BCUT2D eigenvalue weighted by atomic mass is 127. The Balaban J connectivity index is 0.00000320. The van der Waals surface area contributed by atoms with Crippen LogP contribution >= 0.6 is 24.0 Å². The molecule has 0 spiro atoms. The number of methoxy groups -OCH3 is 1. The first-order valence-corrected chi connectivity index (χ1v) is 11.3. The predicted octanol–water partition coefficient (Wildman–Crippen LogP) is 3.78. The van der Waals surface area contributed by atoms with Gasteiger partial charge in [0.2, 0.25) is 0 Å². The maximum absolute atomic E-state index is 5.69. The van der Waals surface area contributed by atoms with Crippen LogP contribution in [-0.4, -0.2) is 74.8 Å². The Hall–Kier alpha value is -1.22. The van der Waals surface area contributed by atoms with Gasteiger partial charge in [-0.2, -0.15) is 0 Å². The molecule has 2 aliphatic rings. The summed E-state index contributed by atoms with van der Waals surface area (Å²) in [6, 6.07) is 6.92. The van der Waals surface area contributed by atoms with Crippen molar-refractivity contribution in [2.45, 2.75) is 52.0 Å². The summed E-state index contributed by atoms with van der Waals surface area (Å²) >= 11 is 0. The lowest BCUT2D eigenvalue weighted by Crippen LogP contribution is -2.42. The van der Waals surface area contributed by atoms with Crippen molar-refractivity contribution in [2.24, 2.45) is 4.99 Å². The summed E-state index contributed by atoms with van der Waals surface area (Å²) in [7, 11) is 1.68. The summed E-state index contributed by atoms with van der Waals surface area (Å²) in [4.78, 5) is 10.0. The number of aliphatic imine (C=N–C) groups is 1. The number of nitrogens with zero attached hydrogens (tertiary/aromatic N) is 3. The summed E-state index contributed by atoms with van der Waals surface area (Å²) in [5, 5.41) is 3.50. The maximum atomic E-state index is 5.69.